The van der Waals surface area contributed by atoms with Gasteiger partial charge in [0.25, 0.3) is 10.2 Å². The van der Waals surface area contributed by atoms with Crippen LogP contribution in [0.1, 0.15) is 25.5 Å². The lowest BCUT2D eigenvalue weighted by Crippen LogP contribution is -2.41. The summed E-state index contributed by atoms with van der Waals surface area (Å²) < 4.78 is 33.1. The van der Waals surface area contributed by atoms with Crippen molar-refractivity contribution in [3.05, 3.63) is 29.8 Å². The Hall–Kier alpha value is -1.15. The van der Waals surface area contributed by atoms with Gasteiger partial charge in [-0.3, -0.25) is 4.90 Å². The summed E-state index contributed by atoms with van der Waals surface area (Å²) in [5.41, 5.74) is 1.05. The molecule has 1 atom stereocenters. The van der Waals surface area contributed by atoms with Gasteiger partial charge >= 0.3 is 0 Å². The van der Waals surface area contributed by atoms with Crippen molar-refractivity contribution in [1.29, 1.82) is 0 Å². The van der Waals surface area contributed by atoms with Crippen LogP contribution in [0, 0.1) is 0 Å². The highest BCUT2D eigenvalue weighted by molar-refractivity contribution is 7.87. The minimum atomic E-state index is -3.44. The van der Waals surface area contributed by atoms with E-state index in [1.165, 1.54) is 7.05 Å². The molecule has 0 aliphatic rings. The Morgan fingerprint density at radius 1 is 1.19 bits per heavy atom. The minimum Gasteiger partial charge on any atom is -0.497 e. The molecule has 21 heavy (non-hydrogen) atoms. The molecule has 1 aromatic carbocycles. The van der Waals surface area contributed by atoms with Crippen molar-refractivity contribution in [3.63, 3.8) is 0 Å². The van der Waals surface area contributed by atoms with E-state index in [0.29, 0.717) is 6.54 Å². The lowest BCUT2D eigenvalue weighted by Gasteiger charge is -2.30. The monoisotopic (exact) mass is 315 g/mol. The van der Waals surface area contributed by atoms with Crippen LogP contribution >= 0.6 is 0 Å². The first-order valence-corrected chi connectivity index (χ1v) is 8.51. The van der Waals surface area contributed by atoms with Crippen LogP contribution in [0.15, 0.2) is 24.3 Å². The zero-order valence-corrected chi connectivity index (χ0v) is 13.9. The number of hydrogen-bond donors (Lipinski definition) is 2. The molecule has 0 aliphatic heterocycles. The average molecular weight is 315 g/mol. The normalized spacial score (nSPS) is 13.4. The first kappa shape index (κ1) is 17.9. The van der Waals surface area contributed by atoms with Gasteiger partial charge in [0.05, 0.1) is 7.11 Å². The van der Waals surface area contributed by atoms with E-state index in [0.717, 1.165) is 24.4 Å². The van der Waals surface area contributed by atoms with Crippen LogP contribution < -0.4 is 14.2 Å². The van der Waals surface area contributed by atoms with Crippen LogP contribution in [-0.4, -0.2) is 47.1 Å². The number of hydrogen-bond acceptors (Lipinski definition) is 4. The highest BCUT2D eigenvalue weighted by atomic mass is 32.2. The molecule has 0 aromatic heterocycles. The van der Waals surface area contributed by atoms with Crippen LogP contribution in [0.3, 0.4) is 0 Å². The molecule has 2 N–H and O–H groups in total. The fourth-order valence-electron chi connectivity index (χ4n) is 2.21. The molecule has 7 heteroatoms. The number of nitrogens with one attached hydrogen (secondary N) is 2. The predicted molar refractivity (Wildman–Crippen MR) is 84.6 cm³/mol. The van der Waals surface area contributed by atoms with Crippen molar-refractivity contribution >= 4 is 10.2 Å². The van der Waals surface area contributed by atoms with Crippen molar-refractivity contribution in [2.24, 2.45) is 0 Å². The summed E-state index contributed by atoms with van der Waals surface area (Å²) in [6.45, 7) is 6.12. The third-order valence-electron chi connectivity index (χ3n) is 3.49. The van der Waals surface area contributed by atoms with Gasteiger partial charge in [-0.05, 0) is 30.8 Å². The van der Waals surface area contributed by atoms with Gasteiger partial charge in [0.1, 0.15) is 5.75 Å². The molecule has 0 spiro atoms. The average Bonchev–Trinajstić information content (AvgIpc) is 2.51. The second-order valence-corrected chi connectivity index (χ2v) is 6.27. The predicted octanol–water partition coefficient (Wildman–Crippen LogP) is 1.13. The van der Waals surface area contributed by atoms with E-state index in [1.807, 2.05) is 24.3 Å². The first-order chi connectivity index (χ1) is 9.97. The molecule has 6 nitrogen and oxygen atoms in total. The summed E-state index contributed by atoms with van der Waals surface area (Å²) in [4.78, 5) is 2.21. The highest BCUT2D eigenvalue weighted by Crippen LogP contribution is 2.22. The zero-order valence-electron chi connectivity index (χ0n) is 13.1. The smallest absolute Gasteiger partial charge is 0.276 e. The summed E-state index contributed by atoms with van der Waals surface area (Å²) in [5, 5.41) is 0. The molecule has 1 unspecified atom stereocenters. The summed E-state index contributed by atoms with van der Waals surface area (Å²) in [5.74, 6) is 0.785. The lowest BCUT2D eigenvalue weighted by molar-refractivity contribution is 0.219. The Bertz CT molecular complexity index is 513. The van der Waals surface area contributed by atoms with E-state index in [2.05, 4.69) is 28.2 Å². The fraction of sp³-hybridized carbons (Fsp3) is 0.571. The van der Waals surface area contributed by atoms with Gasteiger partial charge < -0.3 is 4.74 Å². The Morgan fingerprint density at radius 3 is 2.19 bits per heavy atom. The number of methoxy groups -OCH3 is 1. The van der Waals surface area contributed by atoms with Crippen molar-refractivity contribution < 1.29 is 13.2 Å². The van der Waals surface area contributed by atoms with E-state index in [4.69, 9.17) is 4.74 Å². The van der Waals surface area contributed by atoms with Crippen molar-refractivity contribution in [2.45, 2.75) is 19.9 Å². The molecular formula is C14H25N3O3S. The van der Waals surface area contributed by atoms with Crippen LogP contribution in [0.25, 0.3) is 0 Å². The van der Waals surface area contributed by atoms with Crippen LogP contribution in [-0.2, 0) is 10.2 Å². The molecule has 1 aromatic rings. The summed E-state index contributed by atoms with van der Waals surface area (Å²) >= 11 is 0. The van der Waals surface area contributed by atoms with Gasteiger partial charge in [-0.15, -0.1) is 0 Å². The van der Waals surface area contributed by atoms with Gasteiger partial charge in [0.2, 0.25) is 0 Å². The molecule has 120 valence electrons. The second-order valence-electron chi connectivity index (χ2n) is 4.57. The second kappa shape index (κ2) is 8.33. The van der Waals surface area contributed by atoms with Crippen LogP contribution in [0.2, 0.25) is 0 Å². The van der Waals surface area contributed by atoms with Crippen LogP contribution in [0.4, 0.5) is 0 Å². The molecule has 0 fully saturated rings. The molecule has 0 saturated carbocycles. The van der Waals surface area contributed by atoms with E-state index in [9.17, 15) is 8.42 Å². The molecule has 0 saturated heterocycles. The van der Waals surface area contributed by atoms with E-state index >= 15 is 0 Å². The Labute approximate surface area is 127 Å². The number of benzene rings is 1. The first-order valence-electron chi connectivity index (χ1n) is 7.03. The van der Waals surface area contributed by atoms with Crippen LogP contribution in [0.5, 0.6) is 5.75 Å². The molecule has 0 radical (unpaired) electrons. The van der Waals surface area contributed by atoms with Crippen molar-refractivity contribution in [1.82, 2.24) is 14.3 Å². The fourth-order valence-corrected chi connectivity index (χ4v) is 2.73. The maximum atomic E-state index is 11.6. The largest absolute Gasteiger partial charge is 0.497 e. The molecular weight excluding hydrogens is 290 g/mol. The zero-order chi connectivity index (χ0) is 15.9. The SMILES string of the molecule is CCN(CC)C(CNS(=O)(=O)NC)c1ccc(OC)cc1. The molecule has 1 rings (SSSR count). The molecule has 0 amide bonds. The van der Waals surface area contributed by atoms with Gasteiger partial charge in [-0.1, -0.05) is 26.0 Å². The van der Waals surface area contributed by atoms with Gasteiger partial charge in [0, 0.05) is 19.6 Å². The lowest BCUT2D eigenvalue weighted by atomic mass is 10.1. The van der Waals surface area contributed by atoms with E-state index in [1.54, 1.807) is 7.11 Å². The Kier molecular flexibility index (Phi) is 7.10. The number of nitrogens with zero attached hydrogens (tertiary/aromatic N) is 1. The maximum Gasteiger partial charge on any atom is 0.276 e. The van der Waals surface area contributed by atoms with E-state index in [-0.39, 0.29) is 6.04 Å². The van der Waals surface area contributed by atoms with E-state index < -0.39 is 10.2 Å². The maximum absolute atomic E-state index is 11.6. The third-order valence-corrected chi connectivity index (χ3v) is 4.57. The topological polar surface area (TPSA) is 70.7 Å². The summed E-state index contributed by atoms with van der Waals surface area (Å²) in [6.07, 6.45) is 0. The van der Waals surface area contributed by atoms with Crippen molar-refractivity contribution in [3.8, 4) is 5.75 Å². The molecule has 0 bridgehead atoms. The number of rotatable bonds is 9. The summed E-state index contributed by atoms with van der Waals surface area (Å²) in [6, 6.07) is 7.69. The number of ether oxygens (including phenoxy) is 1. The van der Waals surface area contributed by atoms with Gasteiger partial charge in [-0.25, -0.2) is 9.44 Å². The minimum absolute atomic E-state index is 0.0194. The Balaban J connectivity index is 2.95. The highest BCUT2D eigenvalue weighted by Gasteiger charge is 2.20. The third kappa shape index (κ3) is 5.28. The molecule has 0 heterocycles. The summed E-state index contributed by atoms with van der Waals surface area (Å²) in [7, 11) is -0.423. The molecule has 0 aliphatic carbocycles. The standard InChI is InChI=1S/C14H25N3O3S/c1-5-17(6-2)14(11-16-21(18,19)15-3)12-7-9-13(20-4)10-8-12/h7-10,14-16H,5-6,11H2,1-4H3. The van der Waals surface area contributed by atoms with Crippen molar-refractivity contribution in [2.75, 3.05) is 33.8 Å². The van der Waals surface area contributed by atoms with Gasteiger partial charge in [-0.2, -0.15) is 8.42 Å². The quantitative estimate of drug-likeness (QED) is 0.717. The Morgan fingerprint density at radius 2 is 1.76 bits per heavy atom. The van der Waals surface area contributed by atoms with Gasteiger partial charge in [0.15, 0.2) is 0 Å². The number of likely N-dealkylation sites (N-methyl/N-ethyl adjacent to an activating group) is 1.